The van der Waals surface area contributed by atoms with Crippen molar-refractivity contribution in [3.8, 4) is 0 Å². The lowest BCUT2D eigenvalue weighted by Crippen LogP contribution is -1.98. The summed E-state index contributed by atoms with van der Waals surface area (Å²) in [6.07, 6.45) is 1.80. The van der Waals surface area contributed by atoms with Gasteiger partial charge in [0.1, 0.15) is 7.85 Å². The van der Waals surface area contributed by atoms with Crippen LogP contribution in [0.5, 0.6) is 0 Å². The van der Waals surface area contributed by atoms with E-state index in [4.69, 9.17) is 0 Å². The Morgan fingerprint density at radius 1 is 1.45 bits per heavy atom. The molecule has 20 heavy (non-hydrogen) atoms. The van der Waals surface area contributed by atoms with Crippen LogP contribution in [0.2, 0.25) is 0 Å². The molecule has 0 heterocycles. The first-order chi connectivity index (χ1) is 9.35. The zero-order chi connectivity index (χ0) is 15.3. The number of benzene rings is 1. The van der Waals surface area contributed by atoms with Crippen molar-refractivity contribution in [1.29, 1.82) is 0 Å². The minimum atomic E-state index is -0.320. The Labute approximate surface area is 125 Å². The molecule has 0 spiro atoms. The van der Waals surface area contributed by atoms with E-state index in [9.17, 15) is 10.1 Å². The molecule has 0 unspecified atom stereocenters. The van der Waals surface area contributed by atoms with Crippen molar-refractivity contribution in [2.45, 2.75) is 33.6 Å². The molecular weight excluding hydrogens is 269 g/mol. The second-order valence-electron chi connectivity index (χ2n) is 4.95. The highest BCUT2D eigenvalue weighted by Gasteiger charge is 2.13. The van der Waals surface area contributed by atoms with E-state index >= 15 is 0 Å². The van der Waals surface area contributed by atoms with E-state index in [2.05, 4.69) is 18.9 Å². The van der Waals surface area contributed by atoms with Crippen LogP contribution in [-0.4, -0.2) is 12.8 Å². The highest BCUT2D eigenvalue weighted by atomic mass is 32.2. The minimum absolute atomic E-state index is 0.199. The van der Waals surface area contributed by atoms with Crippen LogP contribution in [0.3, 0.4) is 0 Å². The van der Waals surface area contributed by atoms with Gasteiger partial charge < -0.3 is 0 Å². The van der Waals surface area contributed by atoms with Crippen LogP contribution < -0.4 is 0 Å². The van der Waals surface area contributed by atoms with Gasteiger partial charge in [0.05, 0.1) is 4.92 Å². The third-order valence-corrected chi connectivity index (χ3v) is 4.00. The molecule has 0 radical (unpaired) electrons. The molecule has 1 rings (SSSR count). The van der Waals surface area contributed by atoms with Crippen molar-refractivity contribution in [3.05, 3.63) is 61.3 Å². The van der Waals surface area contributed by atoms with E-state index in [1.54, 1.807) is 24.8 Å². The molecule has 106 valence electrons. The smallest absolute Gasteiger partial charge is 0.258 e. The van der Waals surface area contributed by atoms with Gasteiger partial charge in [-0.25, -0.2) is 0 Å². The van der Waals surface area contributed by atoms with Crippen LogP contribution in [0, 0.1) is 24.0 Å². The molecule has 0 amide bonds. The zero-order valence-electron chi connectivity index (χ0n) is 12.5. The number of nitro groups is 1. The fourth-order valence-electron chi connectivity index (χ4n) is 1.93. The van der Waals surface area contributed by atoms with Gasteiger partial charge in [-0.05, 0) is 49.3 Å². The lowest BCUT2D eigenvalue weighted by atomic mass is 9.97. The van der Waals surface area contributed by atoms with Gasteiger partial charge in [0.25, 0.3) is 5.69 Å². The van der Waals surface area contributed by atoms with Crippen LogP contribution in [0.15, 0.2) is 34.5 Å². The molecule has 0 N–H and O–H groups in total. The first-order valence-electron chi connectivity index (χ1n) is 6.59. The topological polar surface area (TPSA) is 43.1 Å². The molecule has 0 aliphatic heterocycles. The number of rotatable bonds is 6. The summed E-state index contributed by atoms with van der Waals surface area (Å²) in [7, 11) is 1.98. The summed E-state index contributed by atoms with van der Waals surface area (Å²) in [5, 5.41) is 13.1. The Bertz CT molecular complexity index is 567. The highest BCUT2D eigenvalue weighted by molar-refractivity contribution is 8.07. The van der Waals surface area contributed by atoms with Gasteiger partial charge in [-0.2, -0.15) is 0 Å². The van der Waals surface area contributed by atoms with Crippen molar-refractivity contribution >= 4 is 25.3 Å². The average Bonchev–Trinajstić information content (AvgIpc) is 2.37. The lowest BCUT2D eigenvalue weighted by Gasteiger charge is -2.10. The molecule has 0 atom stereocenters. The van der Waals surface area contributed by atoms with Crippen LogP contribution in [0.25, 0.3) is 0 Å². The van der Waals surface area contributed by atoms with Gasteiger partial charge in [-0.1, -0.05) is 23.9 Å². The number of thioether (sulfide) groups is 1. The van der Waals surface area contributed by atoms with Gasteiger partial charge in [0.2, 0.25) is 0 Å². The van der Waals surface area contributed by atoms with E-state index < -0.39 is 0 Å². The molecule has 0 aromatic heterocycles. The average molecular weight is 289 g/mol. The summed E-state index contributed by atoms with van der Waals surface area (Å²) in [5.74, 6) is 0. The van der Waals surface area contributed by atoms with Crippen molar-refractivity contribution in [2.75, 3.05) is 0 Å². The van der Waals surface area contributed by atoms with E-state index in [0.717, 1.165) is 34.3 Å². The van der Waals surface area contributed by atoms with Gasteiger partial charge >= 0.3 is 0 Å². The van der Waals surface area contributed by atoms with Crippen LogP contribution in [-0.2, 0) is 6.42 Å². The lowest BCUT2D eigenvalue weighted by molar-refractivity contribution is -0.385. The molecule has 1 aromatic rings. The summed E-state index contributed by atoms with van der Waals surface area (Å²) in [6, 6.07) is 3.60. The SMILES string of the molecule is BC(=C)S/C=C(\CC)Cc1cc(C)c([N+](=O)[O-])cc1C. The summed E-state index contributed by atoms with van der Waals surface area (Å²) >= 11 is 1.64. The molecule has 0 aliphatic rings. The monoisotopic (exact) mass is 289 g/mol. The van der Waals surface area contributed by atoms with Crippen molar-refractivity contribution in [1.82, 2.24) is 0 Å². The predicted molar refractivity (Wildman–Crippen MR) is 89.9 cm³/mol. The number of nitrogens with zero attached hydrogens (tertiary/aromatic N) is 1. The maximum absolute atomic E-state index is 10.9. The fourth-order valence-corrected chi connectivity index (χ4v) is 2.54. The molecule has 3 nitrogen and oxygen atoms in total. The van der Waals surface area contributed by atoms with Gasteiger partial charge in [0.15, 0.2) is 0 Å². The van der Waals surface area contributed by atoms with Gasteiger partial charge in [0, 0.05) is 11.6 Å². The Balaban J connectivity index is 3.03. The standard InChI is InChI=1S/C15H20BNO2S/c1-5-13(9-20-12(4)16)8-14-6-11(3)15(17(18)19)7-10(14)2/h6-7,9H,4-5,8,16H2,1-3H3/b13-9+. The molecule has 0 saturated carbocycles. The largest absolute Gasteiger partial charge is 0.272 e. The molecule has 5 heteroatoms. The van der Waals surface area contributed by atoms with Gasteiger partial charge in [-0.3, -0.25) is 10.1 Å². The maximum atomic E-state index is 10.9. The number of hydrogen-bond acceptors (Lipinski definition) is 3. The summed E-state index contributed by atoms with van der Waals surface area (Å²) in [4.78, 5) is 11.7. The Morgan fingerprint density at radius 3 is 2.60 bits per heavy atom. The third-order valence-electron chi connectivity index (χ3n) is 3.15. The normalized spacial score (nSPS) is 11.4. The number of hydrogen-bond donors (Lipinski definition) is 0. The molecular formula is C15H20BNO2S. The Hall–Kier alpha value is -1.49. The van der Waals surface area contributed by atoms with Crippen molar-refractivity contribution in [3.63, 3.8) is 0 Å². The molecule has 0 bridgehead atoms. The first kappa shape index (κ1) is 16.6. The fraction of sp³-hybridized carbons (Fsp3) is 0.333. The van der Waals surface area contributed by atoms with E-state index in [-0.39, 0.29) is 10.6 Å². The molecule has 0 saturated heterocycles. The van der Waals surface area contributed by atoms with Crippen LogP contribution in [0.1, 0.15) is 30.0 Å². The van der Waals surface area contributed by atoms with E-state index in [1.807, 2.05) is 20.8 Å². The number of allylic oxidation sites excluding steroid dienone is 1. The quantitative estimate of drug-likeness (QED) is 0.453. The summed E-state index contributed by atoms with van der Waals surface area (Å²) < 4.78 is 0. The van der Waals surface area contributed by atoms with Crippen molar-refractivity contribution in [2.24, 2.45) is 0 Å². The predicted octanol–water partition coefficient (Wildman–Crippen LogP) is 3.89. The Kier molecular flexibility index (Phi) is 6.08. The first-order valence-corrected chi connectivity index (χ1v) is 7.47. The van der Waals surface area contributed by atoms with Crippen LogP contribution in [0.4, 0.5) is 5.69 Å². The Morgan fingerprint density at radius 2 is 2.10 bits per heavy atom. The summed E-state index contributed by atoms with van der Waals surface area (Å²) in [6.45, 7) is 9.72. The number of aryl methyl sites for hydroxylation is 2. The van der Waals surface area contributed by atoms with Crippen LogP contribution >= 0.6 is 11.8 Å². The van der Waals surface area contributed by atoms with E-state index in [0.29, 0.717) is 0 Å². The third kappa shape index (κ3) is 4.56. The number of nitro benzene ring substituents is 1. The molecule has 1 aromatic carbocycles. The van der Waals surface area contributed by atoms with E-state index in [1.165, 1.54) is 5.57 Å². The highest BCUT2D eigenvalue weighted by Crippen LogP contribution is 2.26. The van der Waals surface area contributed by atoms with Crippen molar-refractivity contribution < 1.29 is 4.92 Å². The zero-order valence-corrected chi connectivity index (χ0v) is 13.3. The maximum Gasteiger partial charge on any atom is 0.272 e. The minimum Gasteiger partial charge on any atom is -0.258 e. The second kappa shape index (κ2) is 7.34. The summed E-state index contributed by atoms with van der Waals surface area (Å²) in [5.41, 5.74) is 4.36. The van der Waals surface area contributed by atoms with Gasteiger partial charge in [-0.15, -0.1) is 11.8 Å². The molecule has 0 aliphatic carbocycles. The molecule has 0 fully saturated rings. The second-order valence-corrected chi connectivity index (χ2v) is 6.12.